The number of carbonyl (C=O) groups excluding carboxylic acids is 5. The second kappa shape index (κ2) is 20.4. The summed E-state index contributed by atoms with van der Waals surface area (Å²) in [6, 6.07) is 15.8. The summed E-state index contributed by atoms with van der Waals surface area (Å²) in [6.45, 7) is 11.4. The first-order valence-electron chi connectivity index (χ1n) is 13.1. The maximum absolute atomic E-state index is 12.1. The molecule has 10 heteroatoms. The molecule has 4 amide bonds. The number of benzene rings is 2. The Morgan fingerprint density at radius 3 is 1.88 bits per heavy atom. The van der Waals surface area contributed by atoms with E-state index in [4.69, 9.17) is 5.26 Å². The SMILES string of the molecule is CC(C)C.CC(NC(=O)CNC(=O)c1ccccc1)C(=O)NCC(=O)C(=O)NCc1ccc(C#N)cc1.CCC. The molecule has 0 fully saturated rings. The van der Waals surface area contributed by atoms with E-state index in [0.29, 0.717) is 16.7 Å². The summed E-state index contributed by atoms with van der Waals surface area (Å²) in [5.41, 5.74) is 1.57. The molecule has 0 radical (unpaired) electrons. The minimum Gasteiger partial charge on any atom is -0.347 e. The molecule has 40 heavy (non-hydrogen) atoms. The van der Waals surface area contributed by atoms with Crippen molar-refractivity contribution in [3.8, 4) is 6.07 Å². The monoisotopic (exact) mass is 551 g/mol. The number of nitrogens with one attached hydrogen (secondary N) is 4. The Hall–Kier alpha value is -4.52. The van der Waals surface area contributed by atoms with Gasteiger partial charge >= 0.3 is 0 Å². The van der Waals surface area contributed by atoms with E-state index in [0.717, 1.165) is 5.92 Å². The minimum atomic E-state index is -0.986. The van der Waals surface area contributed by atoms with Crippen LogP contribution in [0.2, 0.25) is 0 Å². The highest BCUT2D eigenvalue weighted by molar-refractivity contribution is 6.37. The second-order valence-electron chi connectivity index (χ2n) is 9.41. The van der Waals surface area contributed by atoms with E-state index in [1.54, 1.807) is 54.6 Å². The summed E-state index contributed by atoms with van der Waals surface area (Å²) < 4.78 is 0. The normalized spacial score (nSPS) is 10.2. The summed E-state index contributed by atoms with van der Waals surface area (Å²) in [5, 5.41) is 18.3. The molecule has 0 saturated carbocycles. The van der Waals surface area contributed by atoms with Crippen LogP contribution in [0.1, 0.15) is 69.4 Å². The third-order valence-electron chi connectivity index (χ3n) is 4.43. The number of hydrogen-bond acceptors (Lipinski definition) is 6. The van der Waals surface area contributed by atoms with Gasteiger partial charge in [0.25, 0.3) is 11.8 Å². The average Bonchev–Trinajstić information content (AvgIpc) is 2.93. The lowest BCUT2D eigenvalue weighted by molar-refractivity contribution is -0.138. The average molecular weight is 552 g/mol. The smallest absolute Gasteiger partial charge is 0.289 e. The van der Waals surface area contributed by atoms with E-state index in [2.05, 4.69) is 55.9 Å². The predicted octanol–water partition coefficient (Wildman–Crippen LogP) is 2.87. The van der Waals surface area contributed by atoms with Gasteiger partial charge in [-0.1, -0.05) is 71.4 Å². The highest BCUT2D eigenvalue weighted by Gasteiger charge is 2.19. The molecule has 10 nitrogen and oxygen atoms in total. The summed E-state index contributed by atoms with van der Waals surface area (Å²) in [5.74, 6) is -2.58. The lowest BCUT2D eigenvalue weighted by Gasteiger charge is -2.14. The molecule has 2 rings (SSSR count). The van der Waals surface area contributed by atoms with Gasteiger partial charge in [-0.2, -0.15) is 5.26 Å². The molecule has 0 aliphatic rings. The van der Waals surface area contributed by atoms with Gasteiger partial charge in [0.15, 0.2) is 0 Å². The van der Waals surface area contributed by atoms with Crippen molar-refractivity contribution in [2.45, 2.75) is 60.5 Å². The third kappa shape index (κ3) is 16.3. The molecule has 0 aliphatic heterocycles. The van der Waals surface area contributed by atoms with Crippen LogP contribution in [-0.4, -0.2) is 48.5 Å². The fourth-order valence-electron chi connectivity index (χ4n) is 2.59. The number of carbonyl (C=O) groups is 5. The second-order valence-corrected chi connectivity index (χ2v) is 9.41. The zero-order valence-electron chi connectivity index (χ0n) is 24.2. The van der Waals surface area contributed by atoms with E-state index < -0.39 is 42.0 Å². The van der Waals surface area contributed by atoms with Gasteiger partial charge in [0.05, 0.1) is 24.7 Å². The van der Waals surface area contributed by atoms with Crippen molar-refractivity contribution in [1.29, 1.82) is 5.26 Å². The van der Waals surface area contributed by atoms with E-state index >= 15 is 0 Å². The Balaban J connectivity index is 0.00000195. The van der Waals surface area contributed by atoms with Gasteiger partial charge in [-0.15, -0.1) is 0 Å². The number of hydrogen-bond donors (Lipinski definition) is 4. The van der Waals surface area contributed by atoms with Gasteiger partial charge in [-0.25, -0.2) is 0 Å². The molecule has 216 valence electrons. The van der Waals surface area contributed by atoms with Crippen LogP contribution in [0, 0.1) is 17.2 Å². The van der Waals surface area contributed by atoms with Crippen molar-refractivity contribution in [3.05, 3.63) is 71.3 Å². The molecule has 4 N–H and O–H groups in total. The van der Waals surface area contributed by atoms with Crippen LogP contribution < -0.4 is 21.3 Å². The quantitative estimate of drug-likeness (QED) is 0.333. The Kier molecular flexibility index (Phi) is 18.1. The summed E-state index contributed by atoms with van der Waals surface area (Å²) in [4.78, 5) is 59.8. The van der Waals surface area contributed by atoms with Gasteiger partial charge < -0.3 is 21.3 Å². The number of rotatable bonds is 10. The van der Waals surface area contributed by atoms with Gasteiger partial charge in [0.2, 0.25) is 17.6 Å². The van der Waals surface area contributed by atoms with Crippen LogP contribution in [0.4, 0.5) is 0 Å². The zero-order valence-corrected chi connectivity index (χ0v) is 24.2. The van der Waals surface area contributed by atoms with E-state index in [1.165, 1.54) is 13.3 Å². The molecule has 0 bridgehead atoms. The van der Waals surface area contributed by atoms with Crippen LogP contribution in [-0.2, 0) is 25.7 Å². The first-order valence-corrected chi connectivity index (χ1v) is 13.1. The summed E-state index contributed by atoms with van der Waals surface area (Å²) in [7, 11) is 0. The van der Waals surface area contributed by atoms with Crippen LogP contribution in [0.3, 0.4) is 0 Å². The van der Waals surface area contributed by atoms with Gasteiger partial charge in [0, 0.05) is 12.1 Å². The molecule has 0 aromatic heterocycles. The van der Waals surface area contributed by atoms with Crippen molar-refractivity contribution in [3.63, 3.8) is 0 Å². The molecule has 0 saturated heterocycles. The van der Waals surface area contributed by atoms with Crippen molar-refractivity contribution in [2.24, 2.45) is 5.92 Å². The van der Waals surface area contributed by atoms with Gasteiger partial charge in [-0.05, 0) is 42.7 Å². The highest BCUT2D eigenvalue weighted by atomic mass is 16.2. The molecule has 1 unspecified atom stereocenters. The van der Waals surface area contributed by atoms with Crippen LogP contribution in [0.25, 0.3) is 0 Å². The molecular weight excluding hydrogens is 510 g/mol. The fourth-order valence-corrected chi connectivity index (χ4v) is 2.59. The Morgan fingerprint density at radius 1 is 0.800 bits per heavy atom. The Morgan fingerprint density at radius 2 is 1.35 bits per heavy atom. The summed E-state index contributed by atoms with van der Waals surface area (Å²) >= 11 is 0. The van der Waals surface area contributed by atoms with Crippen molar-refractivity contribution in [1.82, 2.24) is 21.3 Å². The van der Waals surface area contributed by atoms with Gasteiger partial charge in [0.1, 0.15) is 6.04 Å². The summed E-state index contributed by atoms with van der Waals surface area (Å²) in [6.07, 6.45) is 1.25. The Bertz CT molecular complexity index is 1120. The standard InChI is InChI=1S/C23H23N5O5.C4H10.C3H8/c1-15(28-20(30)14-27-22(32)18-5-3-2-4-6-18)21(31)26-13-19(29)23(33)25-12-17-9-7-16(11-24)8-10-17;1-4(2)3;1-3-2/h2-10,15H,12-14H2,1H3,(H,25,33)(H,26,31)(H,27,32)(H,28,30);4H,1-3H3;3H2,1-2H3. The van der Waals surface area contributed by atoms with Crippen molar-refractivity contribution < 1.29 is 24.0 Å². The van der Waals surface area contributed by atoms with E-state index in [9.17, 15) is 24.0 Å². The first kappa shape index (κ1) is 35.5. The third-order valence-corrected chi connectivity index (χ3v) is 4.43. The topological polar surface area (TPSA) is 157 Å². The maximum Gasteiger partial charge on any atom is 0.289 e. The number of ketones is 1. The molecule has 2 aromatic rings. The van der Waals surface area contributed by atoms with Crippen LogP contribution >= 0.6 is 0 Å². The fraction of sp³-hybridized carbons (Fsp3) is 0.400. The number of amides is 4. The van der Waals surface area contributed by atoms with Crippen LogP contribution in [0.5, 0.6) is 0 Å². The van der Waals surface area contributed by atoms with E-state index in [-0.39, 0.29) is 13.1 Å². The van der Waals surface area contributed by atoms with E-state index in [1.807, 2.05) is 6.07 Å². The van der Waals surface area contributed by atoms with Crippen molar-refractivity contribution in [2.75, 3.05) is 13.1 Å². The van der Waals surface area contributed by atoms with Crippen LogP contribution in [0.15, 0.2) is 54.6 Å². The molecular formula is C30H41N5O5. The molecule has 2 aromatic carbocycles. The molecule has 0 spiro atoms. The zero-order chi connectivity index (χ0) is 30.5. The van der Waals surface area contributed by atoms with Crippen molar-refractivity contribution >= 4 is 29.4 Å². The number of nitriles is 1. The molecule has 0 aliphatic carbocycles. The lowest BCUT2D eigenvalue weighted by atomic mass is 10.1. The first-order chi connectivity index (χ1) is 18.9. The Labute approximate surface area is 236 Å². The maximum atomic E-state index is 12.1. The molecule has 0 heterocycles. The van der Waals surface area contributed by atoms with Gasteiger partial charge in [-0.3, -0.25) is 24.0 Å². The minimum absolute atomic E-state index is 0.0887. The number of nitrogens with zero attached hydrogens (tertiary/aromatic N) is 1. The molecule has 1 atom stereocenters. The largest absolute Gasteiger partial charge is 0.347 e. The number of Topliss-reactive ketones (excluding diaryl/α,β-unsaturated/α-hetero) is 1. The highest BCUT2D eigenvalue weighted by Crippen LogP contribution is 2.02. The lowest BCUT2D eigenvalue weighted by Crippen LogP contribution is -2.49. The predicted molar refractivity (Wildman–Crippen MR) is 154 cm³/mol.